The number of ether oxygens (including phenoxy) is 2. The number of amides is 1. The van der Waals surface area contributed by atoms with Crippen LogP contribution in [0.1, 0.15) is 26.3 Å². The van der Waals surface area contributed by atoms with Gasteiger partial charge in [-0.15, -0.1) is 0 Å². The van der Waals surface area contributed by atoms with Gasteiger partial charge in [0.05, 0.1) is 11.3 Å². The molecule has 0 radical (unpaired) electrons. The molecule has 1 amide bonds. The Balaban J connectivity index is 1.68. The van der Waals surface area contributed by atoms with Crippen LogP contribution < -0.4 is 10.1 Å². The van der Waals surface area contributed by atoms with Crippen LogP contribution in [0.15, 0.2) is 72.8 Å². The van der Waals surface area contributed by atoms with Gasteiger partial charge < -0.3 is 14.8 Å². The molecule has 0 spiro atoms. The van der Waals surface area contributed by atoms with Crippen LogP contribution in [0, 0.1) is 0 Å². The van der Waals surface area contributed by atoms with Crippen LogP contribution in [0.5, 0.6) is 5.75 Å². The van der Waals surface area contributed by atoms with Gasteiger partial charge >= 0.3 is 12.6 Å². The lowest BCUT2D eigenvalue weighted by atomic mass is 9.98. The first-order chi connectivity index (χ1) is 15.3. The van der Waals surface area contributed by atoms with Gasteiger partial charge in [-0.3, -0.25) is 9.59 Å². The third-order valence-corrected chi connectivity index (χ3v) is 4.46. The van der Waals surface area contributed by atoms with Gasteiger partial charge in [0, 0.05) is 16.1 Å². The average molecular weight is 460 g/mol. The fourth-order valence-electron chi connectivity index (χ4n) is 2.78. The molecule has 0 bridgehead atoms. The second kappa shape index (κ2) is 10.5. The molecule has 32 heavy (non-hydrogen) atoms. The van der Waals surface area contributed by atoms with Gasteiger partial charge in [0.15, 0.2) is 12.4 Å². The first kappa shape index (κ1) is 22.9. The highest BCUT2D eigenvalue weighted by Gasteiger charge is 2.20. The normalized spacial score (nSPS) is 10.5. The van der Waals surface area contributed by atoms with Crippen LogP contribution in [-0.4, -0.2) is 30.9 Å². The molecule has 3 aromatic carbocycles. The van der Waals surface area contributed by atoms with Crippen molar-refractivity contribution < 1.29 is 32.6 Å². The molecule has 9 heteroatoms. The summed E-state index contributed by atoms with van der Waals surface area (Å²) in [4.78, 5) is 37.5. The van der Waals surface area contributed by atoms with E-state index in [1.165, 1.54) is 48.5 Å². The van der Waals surface area contributed by atoms with E-state index in [2.05, 4.69) is 10.1 Å². The van der Waals surface area contributed by atoms with Gasteiger partial charge in [-0.05, 0) is 42.5 Å². The third-order valence-electron chi connectivity index (χ3n) is 4.21. The Kier molecular flexibility index (Phi) is 7.51. The summed E-state index contributed by atoms with van der Waals surface area (Å²) in [6, 6.07) is 17.7. The number of benzene rings is 3. The number of nitrogens with one attached hydrogen (secondary N) is 1. The van der Waals surface area contributed by atoms with E-state index in [9.17, 15) is 23.2 Å². The van der Waals surface area contributed by atoms with Gasteiger partial charge in [-0.2, -0.15) is 8.78 Å². The number of ketones is 1. The number of hydrogen-bond donors (Lipinski definition) is 1. The highest BCUT2D eigenvalue weighted by molar-refractivity contribution is 6.30. The molecular formula is C23H16ClF2NO5. The number of carbonyl (C=O) groups excluding carboxylic acids is 3. The average Bonchev–Trinajstić information content (AvgIpc) is 2.78. The Morgan fingerprint density at radius 1 is 0.875 bits per heavy atom. The molecule has 0 atom stereocenters. The molecule has 0 saturated heterocycles. The van der Waals surface area contributed by atoms with Crippen LogP contribution in [-0.2, 0) is 9.53 Å². The van der Waals surface area contributed by atoms with Crippen molar-refractivity contribution in [2.24, 2.45) is 0 Å². The fraction of sp³-hybridized carbons (Fsp3) is 0.0870. The van der Waals surface area contributed by atoms with Crippen LogP contribution in [0.3, 0.4) is 0 Å². The van der Waals surface area contributed by atoms with Crippen molar-refractivity contribution >= 4 is 34.9 Å². The maximum absolute atomic E-state index is 12.8. The molecule has 0 aliphatic carbocycles. The second-order valence-electron chi connectivity index (χ2n) is 6.38. The molecule has 0 aliphatic heterocycles. The Labute approximate surface area is 186 Å². The topological polar surface area (TPSA) is 81.7 Å². The molecule has 0 aromatic heterocycles. The predicted molar refractivity (Wildman–Crippen MR) is 113 cm³/mol. The van der Waals surface area contributed by atoms with Crippen molar-refractivity contribution in [1.82, 2.24) is 0 Å². The molecule has 0 unspecified atom stereocenters. The summed E-state index contributed by atoms with van der Waals surface area (Å²) in [6.07, 6.45) is 0. The highest BCUT2D eigenvalue weighted by atomic mass is 35.5. The van der Waals surface area contributed by atoms with E-state index in [-0.39, 0.29) is 22.6 Å². The number of carbonyl (C=O) groups is 3. The minimum atomic E-state index is -3.07. The van der Waals surface area contributed by atoms with Crippen molar-refractivity contribution in [2.45, 2.75) is 6.61 Å². The van der Waals surface area contributed by atoms with Crippen molar-refractivity contribution in [1.29, 1.82) is 0 Å². The number of alkyl halides is 2. The van der Waals surface area contributed by atoms with E-state index in [1.807, 2.05) is 0 Å². The highest BCUT2D eigenvalue weighted by Crippen LogP contribution is 2.25. The number of hydrogen-bond acceptors (Lipinski definition) is 5. The first-order valence-electron chi connectivity index (χ1n) is 9.25. The van der Waals surface area contributed by atoms with Crippen molar-refractivity contribution in [2.75, 3.05) is 11.9 Å². The molecule has 3 rings (SSSR count). The number of anilines is 1. The minimum absolute atomic E-state index is 0.00725. The fourth-order valence-corrected chi connectivity index (χ4v) is 2.91. The van der Waals surface area contributed by atoms with Crippen LogP contribution in [0.2, 0.25) is 5.02 Å². The van der Waals surface area contributed by atoms with Crippen molar-refractivity contribution in [3.8, 4) is 5.75 Å². The standard InChI is InChI=1S/C23H16ClF2NO5/c24-15-11-9-14(10-12-15)21(29)16-5-1-2-6-17(16)22(30)31-13-20(28)27-18-7-3-4-8-19(18)32-23(25)26/h1-12,23H,13H2,(H,27,28). The van der Waals surface area contributed by atoms with E-state index in [0.717, 1.165) is 0 Å². The first-order valence-corrected chi connectivity index (χ1v) is 9.63. The Bertz CT molecular complexity index is 1140. The molecule has 3 aromatic rings. The van der Waals surface area contributed by atoms with Crippen molar-refractivity contribution in [3.63, 3.8) is 0 Å². The predicted octanol–water partition coefficient (Wildman–Crippen LogP) is 4.97. The zero-order chi connectivity index (χ0) is 23.1. The van der Waals surface area contributed by atoms with E-state index in [1.54, 1.807) is 24.3 Å². The lowest BCUT2D eigenvalue weighted by Gasteiger charge is -2.12. The van der Waals surface area contributed by atoms with Gasteiger partial charge in [0.1, 0.15) is 5.75 Å². The van der Waals surface area contributed by atoms with Crippen LogP contribution in [0.25, 0.3) is 0 Å². The third kappa shape index (κ3) is 5.89. The summed E-state index contributed by atoms with van der Waals surface area (Å²) in [6.45, 7) is -3.77. The summed E-state index contributed by atoms with van der Waals surface area (Å²) in [5.74, 6) is -2.32. The largest absolute Gasteiger partial charge is 0.452 e. The van der Waals surface area contributed by atoms with Gasteiger partial charge in [0.25, 0.3) is 5.91 Å². The maximum atomic E-state index is 12.8. The van der Waals surface area contributed by atoms with E-state index in [4.69, 9.17) is 16.3 Å². The number of rotatable bonds is 8. The summed E-state index contributed by atoms with van der Waals surface area (Å²) in [5.41, 5.74) is 0.382. The number of esters is 1. The smallest absolute Gasteiger partial charge is 0.387 e. The minimum Gasteiger partial charge on any atom is -0.452 e. The summed E-state index contributed by atoms with van der Waals surface area (Å²) >= 11 is 5.84. The lowest BCUT2D eigenvalue weighted by molar-refractivity contribution is -0.119. The zero-order valence-electron chi connectivity index (χ0n) is 16.4. The number of halogens is 3. The molecule has 0 fully saturated rings. The zero-order valence-corrected chi connectivity index (χ0v) is 17.1. The summed E-state index contributed by atoms with van der Waals surface area (Å²) in [5, 5.41) is 2.80. The Morgan fingerprint density at radius 2 is 1.50 bits per heavy atom. The molecule has 0 aliphatic rings. The molecule has 0 heterocycles. The van der Waals surface area contributed by atoms with Gasteiger partial charge in [-0.1, -0.05) is 41.9 Å². The quantitative estimate of drug-likeness (QED) is 0.380. The molecule has 1 N–H and O–H groups in total. The SMILES string of the molecule is O=C(COC(=O)c1ccccc1C(=O)c1ccc(Cl)cc1)Nc1ccccc1OC(F)F. The number of para-hydroxylation sites is 2. The monoisotopic (exact) mass is 459 g/mol. The lowest BCUT2D eigenvalue weighted by Crippen LogP contribution is -2.22. The van der Waals surface area contributed by atoms with Crippen LogP contribution in [0.4, 0.5) is 14.5 Å². The molecular weight excluding hydrogens is 444 g/mol. The molecule has 164 valence electrons. The van der Waals surface area contributed by atoms with E-state index < -0.39 is 30.9 Å². The molecule has 0 saturated carbocycles. The van der Waals surface area contributed by atoms with E-state index in [0.29, 0.717) is 10.6 Å². The Morgan fingerprint density at radius 3 is 2.19 bits per heavy atom. The Hall–Kier alpha value is -3.78. The second-order valence-corrected chi connectivity index (χ2v) is 6.82. The van der Waals surface area contributed by atoms with Gasteiger partial charge in [-0.25, -0.2) is 4.79 Å². The summed E-state index contributed by atoms with van der Waals surface area (Å²) < 4.78 is 34.3. The van der Waals surface area contributed by atoms with Crippen LogP contribution >= 0.6 is 11.6 Å². The van der Waals surface area contributed by atoms with Crippen molar-refractivity contribution in [3.05, 3.63) is 94.5 Å². The van der Waals surface area contributed by atoms with E-state index >= 15 is 0 Å². The molecule has 6 nitrogen and oxygen atoms in total. The summed E-state index contributed by atoms with van der Waals surface area (Å²) in [7, 11) is 0. The van der Waals surface area contributed by atoms with Gasteiger partial charge in [0.2, 0.25) is 0 Å². The maximum Gasteiger partial charge on any atom is 0.387 e.